The SMILES string of the molecule is CCNc1nnc(C(C)Oc2cccc(Cl)c2)n1CC. The van der Waals surface area contributed by atoms with Gasteiger partial charge >= 0.3 is 0 Å². The minimum atomic E-state index is -0.201. The topological polar surface area (TPSA) is 52.0 Å². The Morgan fingerprint density at radius 1 is 1.35 bits per heavy atom. The number of anilines is 1. The van der Waals surface area contributed by atoms with E-state index in [-0.39, 0.29) is 6.10 Å². The normalized spacial score (nSPS) is 12.2. The van der Waals surface area contributed by atoms with Crippen LogP contribution in [0.3, 0.4) is 0 Å². The standard InChI is InChI=1S/C14H19ClN4O/c1-4-16-14-18-17-13(19(14)5-2)10(3)20-12-8-6-7-11(15)9-12/h6-10H,4-5H2,1-3H3,(H,16,18). The van der Waals surface area contributed by atoms with Crippen molar-refractivity contribution in [2.45, 2.75) is 33.4 Å². The van der Waals surface area contributed by atoms with Crippen molar-refractivity contribution in [3.8, 4) is 5.75 Å². The number of hydrogen-bond acceptors (Lipinski definition) is 4. The Morgan fingerprint density at radius 3 is 2.80 bits per heavy atom. The second kappa shape index (κ2) is 6.61. The van der Waals surface area contributed by atoms with Gasteiger partial charge in [0.25, 0.3) is 0 Å². The van der Waals surface area contributed by atoms with Crippen LogP contribution in [0.2, 0.25) is 5.02 Å². The van der Waals surface area contributed by atoms with Crippen LogP contribution in [0.1, 0.15) is 32.7 Å². The Kier molecular flexibility index (Phi) is 4.84. The monoisotopic (exact) mass is 294 g/mol. The third-order valence-electron chi connectivity index (χ3n) is 2.90. The van der Waals surface area contributed by atoms with E-state index in [1.54, 1.807) is 6.07 Å². The first-order chi connectivity index (χ1) is 9.65. The van der Waals surface area contributed by atoms with Crippen molar-refractivity contribution >= 4 is 17.5 Å². The number of hydrogen-bond donors (Lipinski definition) is 1. The van der Waals surface area contributed by atoms with Crippen molar-refractivity contribution in [2.75, 3.05) is 11.9 Å². The maximum atomic E-state index is 5.96. The van der Waals surface area contributed by atoms with Gasteiger partial charge in [0.1, 0.15) is 5.75 Å². The zero-order valence-corrected chi connectivity index (χ0v) is 12.7. The van der Waals surface area contributed by atoms with Gasteiger partial charge in [0.05, 0.1) is 0 Å². The van der Waals surface area contributed by atoms with Crippen LogP contribution in [0.15, 0.2) is 24.3 Å². The minimum absolute atomic E-state index is 0.201. The summed E-state index contributed by atoms with van der Waals surface area (Å²) < 4.78 is 7.89. The van der Waals surface area contributed by atoms with E-state index in [0.29, 0.717) is 5.02 Å². The average molecular weight is 295 g/mol. The van der Waals surface area contributed by atoms with Crippen molar-refractivity contribution < 1.29 is 4.74 Å². The van der Waals surface area contributed by atoms with E-state index in [0.717, 1.165) is 30.6 Å². The molecule has 0 fully saturated rings. The van der Waals surface area contributed by atoms with Gasteiger partial charge in [0, 0.05) is 18.1 Å². The van der Waals surface area contributed by atoms with Gasteiger partial charge < -0.3 is 10.1 Å². The molecule has 0 aliphatic heterocycles. The van der Waals surface area contributed by atoms with Crippen LogP contribution >= 0.6 is 11.6 Å². The van der Waals surface area contributed by atoms with Gasteiger partial charge in [-0.3, -0.25) is 4.57 Å². The molecule has 0 saturated carbocycles. The molecular formula is C14H19ClN4O. The maximum absolute atomic E-state index is 5.96. The van der Waals surface area contributed by atoms with Gasteiger partial charge in [-0.2, -0.15) is 0 Å². The number of halogens is 1. The van der Waals surface area contributed by atoms with Crippen molar-refractivity contribution in [1.29, 1.82) is 0 Å². The fourth-order valence-electron chi connectivity index (χ4n) is 2.01. The fourth-order valence-corrected chi connectivity index (χ4v) is 2.19. The van der Waals surface area contributed by atoms with Gasteiger partial charge in [0.15, 0.2) is 11.9 Å². The van der Waals surface area contributed by atoms with E-state index >= 15 is 0 Å². The number of ether oxygens (including phenoxy) is 1. The molecule has 0 amide bonds. The zero-order chi connectivity index (χ0) is 14.5. The third kappa shape index (κ3) is 3.22. The molecular weight excluding hydrogens is 276 g/mol. The van der Waals surface area contributed by atoms with E-state index in [2.05, 4.69) is 22.4 Å². The van der Waals surface area contributed by atoms with Crippen molar-refractivity contribution in [1.82, 2.24) is 14.8 Å². The van der Waals surface area contributed by atoms with Gasteiger partial charge in [0.2, 0.25) is 5.95 Å². The van der Waals surface area contributed by atoms with Gasteiger partial charge in [-0.1, -0.05) is 17.7 Å². The van der Waals surface area contributed by atoms with Gasteiger partial charge in [-0.15, -0.1) is 10.2 Å². The molecule has 1 aromatic carbocycles. The number of rotatable bonds is 6. The lowest BCUT2D eigenvalue weighted by atomic mass is 10.3. The van der Waals surface area contributed by atoms with E-state index in [1.165, 1.54) is 0 Å². The van der Waals surface area contributed by atoms with Crippen LogP contribution in [0.4, 0.5) is 5.95 Å². The first-order valence-electron chi connectivity index (χ1n) is 6.74. The molecule has 0 aliphatic rings. The van der Waals surface area contributed by atoms with Crippen LogP contribution in [-0.4, -0.2) is 21.3 Å². The van der Waals surface area contributed by atoms with Crippen molar-refractivity contribution in [3.63, 3.8) is 0 Å². The van der Waals surface area contributed by atoms with Crippen molar-refractivity contribution in [3.05, 3.63) is 35.1 Å². The molecule has 108 valence electrons. The molecule has 1 heterocycles. The summed E-state index contributed by atoms with van der Waals surface area (Å²) in [5.74, 6) is 2.29. The van der Waals surface area contributed by atoms with Gasteiger partial charge in [-0.25, -0.2) is 0 Å². The summed E-state index contributed by atoms with van der Waals surface area (Å²) in [4.78, 5) is 0. The Hall–Kier alpha value is -1.75. The number of benzene rings is 1. The molecule has 2 rings (SSSR count). The Morgan fingerprint density at radius 2 is 2.15 bits per heavy atom. The minimum Gasteiger partial charge on any atom is -0.483 e. The predicted octanol–water partition coefficient (Wildman–Crippen LogP) is 3.52. The van der Waals surface area contributed by atoms with Crippen LogP contribution in [0, 0.1) is 0 Å². The predicted molar refractivity (Wildman–Crippen MR) is 80.4 cm³/mol. The lowest BCUT2D eigenvalue weighted by Crippen LogP contribution is -2.13. The fraction of sp³-hybridized carbons (Fsp3) is 0.429. The van der Waals surface area contributed by atoms with E-state index in [4.69, 9.17) is 16.3 Å². The highest BCUT2D eigenvalue weighted by Crippen LogP contribution is 2.24. The smallest absolute Gasteiger partial charge is 0.224 e. The molecule has 0 radical (unpaired) electrons. The maximum Gasteiger partial charge on any atom is 0.224 e. The summed E-state index contributed by atoms with van der Waals surface area (Å²) >= 11 is 5.96. The molecule has 2 aromatic rings. The second-order valence-corrected chi connectivity index (χ2v) is 4.81. The van der Waals surface area contributed by atoms with Gasteiger partial charge in [-0.05, 0) is 39.0 Å². The highest BCUT2D eigenvalue weighted by Gasteiger charge is 2.18. The largest absolute Gasteiger partial charge is 0.483 e. The molecule has 0 spiro atoms. The number of nitrogens with zero attached hydrogens (tertiary/aromatic N) is 3. The summed E-state index contributed by atoms with van der Waals surface area (Å²) in [7, 11) is 0. The van der Waals surface area contributed by atoms with E-state index in [1.807, 2.05) is 36.6 Å². The Balaban J connectivity index is 2.18. The number of aromatic nitrogens is 3. The molecule has 1 N–H and O–H groups in total. The first-order valence-corrected chi connectivity index (χ1v) is 7.12. The molecule has 0 bridgehead atoms. The third-order valence-corrected chi connectivity index (χ3v) is 3.14. The highest BCUT2D eigenvalue weighted by molar-refractivity contribution is 6.30. The molecule has 1 unspecified atom stereocenters. The second-order valence-electron chi connectivity index (χ2n) is 4.37. The van der Waals surface area contributed by atoms with Crippen LogP contribution in [0.25, 0.3) is 0 Å². The van der Waals surface area contributed by atoms with Crippen molar-refractivity contribution in [2.24, 2.45) is 0 Å². The molecule has 20 heavy (non-hydrogen) atoms. The average Bonchev–Trinajstić information content (AvgIpc) is 2.82. The Bertz CT molecular complexity index is 570. The summed E-state index contributed by atoms with van der Waals surface area (Å²) in [6.07, 6.45) is -0.201. The highest BCUT2D eigenvalue weighted by atomic mass is 35.5. The summed E-state index contributed by atoms with van der Waals surface area (Å²) in [6.45, 7) is 7.63. The summed E-state index contributed by atoms with van der Waals surface area (Å²) in [5.41, 5.74) is 0. The lowest BCUT2D eigenvalue weighted by Gasteiger charge is -2.15. The first kappa shape index (κ1) is 14.7. The molecule has 6 heteroatoms. The molecule has 5 nitrogen and oxygen atoms in total. The van der Waals surface area contributed by atoms with E-state index in [9.17, 15) is 0 Å². The van der Waals surface area contributed by atoms with Crippen LogP contribution < -0.4 is 10.1 Å². The quantitative estimate of drug-likeness (QED) is 0.885. The summed E-state index contributed by atoms with van der Waals surface area (Å²) in [6, 6.07) is 7.34. The Labute approximate surface area is 123 Å². The summed E-state index contributed by atoms with van der Waals surface area (Å²) in [5, 5.41) is 12.2. The molecule has 1 atom stereocenters. The lowest BCUT2D eigenvalue weighted by molar-refractivity contribution is 0.211. The molecule has 0 saturated heterocycles. The zero-order valence-electron chi connectivity index (χ0n) is 11.9. The van der Waals surface area contributed by atoms with E-state index < -0.39 is 0 Å². The van der Waals surface area contributed by atoms with Crippen LogP contribution in [-0.2, 0) is 6.54 Å². The molecule has 0 aliphatic carbocycles. The van der Waals surface area contributed by atoms with Crippen LogP contribution in [0.5, 0.6) is 5.75 Å². The molecule has 1 aromatic heterocycles. The number of nitrogens with one attached hydrogen (secondary N) is 1.